The first kappa shape index (κ1) is 22.9. The third-order valence-corrected chi connectivity index (χ3v) is 8.02. The minimum Gasteiger partial charge on any atom is -0.497 e. The van der Waals surface area contributed by atoms with Crippen LogP contribution in [-0.2, 0) is 16.1 Å². The normalized spacial score (nSPS) is 22.8. The predicted octanol–water partition coefficient (Wildman–Crippen LogP) is 3.09. The van der Waals surface area contributed by atoms with Crippen LogP contribution in [0.15, 0.2) is 52.2 Å². The van der Waals surface area contributed by atoms with E-state index >= 15 is 0 Å². The largest absolute Gasteiger partial charge is 0.497 e. The second kappa shape index (κ2) is 9.38. The maximum absolute atomic E-state index is 13.1. The Bertz CT molecular complexity index is 1250. The molecule has 34 heavy (non-hydrogen) atoms. The Morgan fingerprint density at radius 1 is 1.18 bits per heavy atom. The molecule has 2 atom stereocenters. The van der Waals surface area contributed by atoms with Gasteiger partial charge in [-0.15, -0.1) is 0 Å². The van der Waals surface area contributed by atoms with Crippen molar-refractivity contribution in [1.29, 1.82) is 0 Å². The van der Waals surface area contributed by atoms with Crippen LogP contribution < -0.4 is 10.3 Å². The molecule has 3 aliphatic heterocycles. The molecule has 0 aliphatic carbocycles. The third-order valence-electron chi connectivity index (χ3n) is 6.65. The highest BCUT2D eigenvalue weighted by Crippen LogP contribution is 2.36. The van der Waals surface area contributed by atoms with Crippen molar-refractivity contribution in [3.8, 4) is 5.75 Å². The first-order chi connectivity index (χ1) is 16.4. The van der Waals surface area contributed by atoms with Gasteiger partial charge in [-0.25, -0.2) is 0 Å². The smallest absolute Gasteiger partial charge is 0.266 e. The van der Waals surface area contributed by atoms with Gasteiger partial charge in [-0.3, -0.25) is 19.3 Å². The van der Waals surface area contributed by atoms with Crippen molar-refractivity contribution < 1.29 is 14.3 Å². The second-order valence-corrected chi connectivity index (χ2v) is 10.5. The van der Waals surface area contributed by atoms with Gasteiger partial charge < -0.3 is 14.2 Å². The monoisotopic (exact) mass is 495 g/mol. The Kier molecular flexibility index (Phi) is 6.31. The average Bonchev–Trinajstić information content (AvgIpc) is 3.10. The Balaban J connectivity index is 1.23. The van der Waals surface area contributed by atoms with E-state index in [9.17, 15) is 14.4 Å². The Hall–Kier alpha value is -2.91. The second-order valence-electron chi connectivity index (χ2n) is 8.86. The molecule has 9 heteroatoms. The van der Waals surface area contributed by atoms with E-state index < -0.39 is 0 Å². The lowest BCUT2D eigenvalue weighted by Gasteiger charge is -2.42. The molecule has 2 aromatic rings. The fraction of sp³-hybridized carbons (Fsp3) is 0.360. The molecule has 7 nitrogen and oxygen atoms in total. The molecular weight excluding hydrogens is 470 g/mol. The van der Waals surface area contributed by atoms with Gasteiger partial charge in [0.2, 0.25) is 5.91 Å². The van der Waals surface area contributed by atoms with Crippen molar-refractivity contribution in [3.05, 3.63) is 69.0 Å². The van der Waals surface area contributed by atoms with Gasteiger partial charge in [0.25, 0.3) is 11.5 Å². The molecule has 1 aromatic heterocycles. The number of aromatic nitrogens is 1. The number of benzene rings is 1. The molecule has 0 unspecified atom stereocenters. The van der Waals surface area contributed by atoms with Gasteiger partial charge >= 0.3 is 0 Å². The topological polar surface area (TPSA) is 71.8 Å². The first-order valence-electron chi connectivity index (χ1n) is 11.3. The summed E-state index contributed by atoms with van der Waals surface area (Å²) in [7, 11) is 1.60. The van der Waals surface area contributed by atoms with Gasteiger partial charge in [0.15, 0.2) is 0 Å². The lowest BCUT2D eigenvalue weighted by atomic mass is 9.83. The number of nitrogens with zero attached hydrogens (tertiary/aromatic N) is 3. The van der Waals surface area contributed by atoms with Crippen molar-refractivity contribution in [2.45, 2.75) is 25.3 Å². The molecule has 0 saturated carbocycles. The van der Waals surface area contributed by atoms with Crippen LogP contribution in [0.25, 0.3) is 6.08 Å². The molecule has 0 radical (unpaired) electrons. The fourth-order valence-corrected chi connectivity index (χ4v) is 6.35. The number of carbonyl (C=O) groups is 2. The number of amides is 2. The average molecular weight is 496 g/mol. The maximum atomic E-state index is 13.1. The standard InChI is InChI=1S/C25H25N3O4S2/c1-32-19-5-2-4-16(11-19)12-21-24(31)27(25(33)34-21)9-8-22(29)26-13-17-10-18(15-26)20-6-3-7-23(30)28(20)14-17/h2-7,11-12,17-18H,8-10,13-15H2,1H3/b21-12+/t17-,18+/m0/s1. The number of thioether (sulfide) groups is 1. The van der Waals surface area contributed by atoms with Crippen molar-refractivity contribution in [2.24, 2.45) is 5.92 Å². The van der Waals surface area contributed by atoms with Crippen LogP contribution in [0, 0.1) is 5.92 Å². The van der Waals surface area contributed by atoms with E-state index in [0.717, 1.165) is 17.7 Å². The molecule has 1 aromatic carbocycles. The summed E-state index contributed by atoms with van der Waals surface area (Å²) in [4.78, 5) is 42.2. The summed E-state index contributed by atoms with van der Waals surface area (Å²) in [6, 6.07) is 12.9. The minimum absolute atomic E-state index is 0.0206. The van der Waals surface area contributed by atoms with Gasteiger partial charge in [-0.2, -0.15) is 0 Å². The van der Waals surface area contributed by atoms with E-state index in [1.807, 2.05) is 39.8 Å². The quantitative estimate of drug-likeness (QED) is 0.469. The molecule has 2 saturated heterocycles. The summed E-state index contributed by atoms with van der Waals surface area (Å²) in [5, 5.41) is 0. The molecule has 4 heterocycles. The predicted molar refractivity (Wildman–Crippen MR) is 136 cm³/mol. The van der Waals surface area contributed by atoms with E-state index in [1.165, 1.54) is 16.7 Å². The van der Waals surface area contributed by atoms with E-state index in [1.54, 1.807) is 25.3 Å². The third kappa shape index (κ3) is 4.42. The number of pyridine rings is 1. The number of fused-ring (bicyclic) bond motifs is 4. The zero-order chi connectivity index (χ0) is 23.8. The molecule has 0 spiro atoms. The zero-order valence-electron chi connectivity index (χ0n) is 18.8. The minimum atomic E-state index is -0.172. The van der Waals surface area contributed by atoms with Gasteiger partial charge in [0.1, 0.15) is 10.1 Å². The number of thiocarbonyl (C=S) groups is 1. The first-order valence-corrected chi connectivity index (χ1v) is 12.5. The van der Waals surface area contributed by atoms with Crippen molar-refractivity contribution in [1.82, 2.24) is 14.4 Å². The van der Waals surface area contributed by atoms with E-state index in [4.69, 9.17) is 17.0 Å². The number of carbonyl (C=O) groups excluding carboxylic acids is 2. The van der Waals surface area contributed by atoms with Crippen LogP contribution in [0.4, 0.5) is 0 Å². The van der Waals surface area contributed by atoms with Crippen LogP contribution in [0.3, 0.4) is 0 Å². The van der Waals surface area contributed by atoms with E-state index in [0.29, 0.717) is 34.6 Å². The Labute approximate surface area is 207 Å². The van der Waals surface area contributed by atoms with Gasteiger partial charge in [-0.1, -0.05) is 42.2 Å². The molecule has 2 amide bonds. The van der Waals surface area contributed by atoms with Crippen LogP contribution >= 0.6 is 24.0 Å². The van der Waals surface area contributed by atoms with Gasteiger partial charge in [0.05, 0.1) is 12.0 Å². The number of likely N-dealkylation sites (tertiary alicyclic amines) is 1. The van der Waals surface area contributed by atoms with Gasteiger partial charge in [0, 0.05) is 50.3 Å². The number of hydrogen-bond acceptors (Lipinski definition) is 6. The number of rotatable bonds is 5. The number of piperidine rings is 1. The summed E-state index contributed by atoms with van der Waals surface area (Å²) < 4.78 is 7.57. The Morgan fingerprint density at radius 2 is 2.00 bits per heavy atom. The number of ether oxygens (including phenoxy) is 1. The van der Waals surface area contributed by atoms with Gasteiger partial charge in [-0.05, 0) is 42.2 Å². The molecule has 2 fully saturated rings. The molecule has 176 valence electrons. The number of methoxy groups -OCH3 is 1. The number of hydrogen-bond donors (Lipinski definition) is 0. The van der Waals surface area contributed by atoms with E-state index in [2.05, 4.69) is 0 Å². The maximum Gasteiger partial charge on any atom is 0.266 e. The highest BCUT2D eigenvalue weighted by atomic mass is 32.2. The summed E-state index contributed by atoms with van der Waals surface area (Å²) in [5.41, 5.74) is 1.90. The van der Waals surface area contributed by atoms with Crippen molar-refractivity contribution in [2.75, 3.05) is 26.7 Å². The van der Waals surface area contributed by atoms with Crippen LogP contribution in [0.1, 0.15) is 30.0 Å². The van der Waals surface area contributed by atoms with Crippen LogP contribution in [0.5, 0.6) is 5.75 Å². The van der Waals surface area contributed by atoms with Crippen molar-refractivity contribution in [3.63, 3.8) is 0 Å². The molecule has 5 rings (SSSR count). The Morgan fingerprint density at radius 3 is 2.82 bits per heavy atom. The molecular formula is C25H25N3O4S2. The highest BCUT2D eigenvalue weighted by Gasteiger charge is 2.37. The molecule has 2 bridgehead atoms. The fourth-order valence-electron chi connectivity index (χ4n) is 5.04. The van der Waals surface area contributed by atoms with Crippen molar-refractivity contribution >= 4 is 46.2 Å². The summed E-state index contributed by atoms with van der Waals surface area (Å²) in [6.07, 6.45) is 3.02. The SMILES string of the molecule is COc1cccc(/C=C2/SC(=S)N(CCC(=O)N3C[C@@H]4C[C@H](C3)c3cccc(=O)n3C4)C2=O)c1. The summed E-state index contributed by atoms with van der Waals surface area (Å²) in [6.45, 7) is 2.16. The lowest BCUT2D eigenvalue weighted by molar-refractivity contribution is -0.134. The summed E-state index contributed by atoms with van der Waals surface area (Å²) in [5.74, 6) is 1.01. The van der Waals surface area contributed by atoms with Crippen LogP contribution in [-0.4, -0.2) is 57.2 Å². The lowest BCUT2D eigenvalue weighted by Crippen LogP contribution is -2.49. The molecule has 3 aliphatic rings. The molecule has 0 N–H and O–H groups in total. The van der Waals surface area contributed by atoms with Crippen LogP contribution in [0.2, 0.25) is 0 Å². The van der Waals surface area contributed by atoms with E-state index in [-0.39, 0.29) is 42.2 Å². The zero-order valence-corrected chi connectivity index (χ0v) is 20.4. The summed E-state index contributed by atoms with van der Waals surface area (Å²) >= 11 is 6.69. The highest BCUT2D eigenvalue weighted by molar-refractivity contribution is 8.26.